The quantitative estimate of drug-likeness (QED) is 0.719. The largest absolute Gasteiger partial charge is 0.354 e. The molecule has 140 valence electrons. The zero-order chi connectivity index (χ0) is 19.3. The lowest BCUT2D eigenvalue weighted by atomic mass is 9.96. The van der Waals surface area contributed by atoms with Gasteiger partial charge in [-0.3, -0.25) is 9.89 Å². The van der Waals surface area contributed by atoms with Gasteiger partial charge in [-0.1, -0.05) is 12.1 Å². The molecule has 0 unspecified atom stereocenters. The van der Waals surface area contributed by atoms with Crippen LogP contribution in [0.25, 0.3) is 22.0 Å². The van der Waals surface area contributed by atoms with Gasteiger partial charge in [-0.05, 0) is 37.0 Å². The third-order valence-corrected chi connectivity index (χ3v) is 6.16. The molecule has 3 aromatic rings. The van der Waals surface area contributed by atoms with Crippen molar-refractivity contribution >= 4 is 26.6 Å². The number of hydrogen-bond acceptors (Lipinski definition) is 5. The van der Waals surface area contributed by atoms with E-state index in [4.69, 9.17) is 0 Å². The lowest BCUT2D eigenvalue weighted by Gasteiger charge is -2.13. The fraction of sp³-hybridized carbons (Fsp3) is 0.316. The van der Waals surface area contributed by atoms with E-state index in [1.165, 1.54) is 6.26 Å². The van der Waals surface area contributed by atoms with E-state index in [2.05, 4.69) is 20.5 Å². The van der Waals surface area contributed by atoms with Gasteiger partial charge in [-0.25, -0.2) is 13.4 Å². The number of hydrogen-bond donors (Lipinski definition) is 2. The molecular formula is C19H20N4O3S. The van der Waals surface area contributed by atoms with Gasteiger partial charge in [-0.15, -0.1) is 0 Å². The van der Waals surface area contributed by atoms with Gasteiger partial charge in [0.1, 0.15) is 5.69 Å². The molecule has 2 N–H and O–H groups in total. The number of nitrogens with one attached hydrogen (secondary N) is 2. The molecule has 4 rings (SSSR count). The average molecular weight is 384 g/mol. The Hall–Kier alpha value is -2.74. The Bertz CT molecular complexity index is 1180. The Morgan fingerprint density at radius 2 is 2.04 bits per heavy atom. The zero-order valence-electron chi connectivity index (χ0n) is 15.3. The third kappa shape index (κ3) is 2.99. The lowest BCUT2D eigenvalue weighted by molar-refractivity contribution is 0.0959. The van der Waals surface area contributed by atoms with Gasteiger partial charge in [-0.2, -0.15) is 5.10 Å². The van der Waals surface area contributed by atoms with Crippen molar-refractivity contribution in [1.29, 1.82) is 0 Å². The summed E-state index contributed by atoms with van der Waals surface area (Å²) in [5.41, 5.74) is 4.08. The summed E-state index contributed by atoms with van der Waals surface area (Å²) in [6.45, 7) is 1.75. The predicted octanol–water partition coefficient (Wildman–Crippen LogP) is 2.57. The molecule has 8 heteroatoms. The van der Waals surface area contributed by atoms with Gasteiger partial charge in [0.2, 0.25) is 0 Å². The van der Waals surface area contributed by atoms with Crippen molar-refractivity contribution in [3.8, 4) is 11.1 Å². The molecule has 0 radical (unpaired) electrons. The minimum Gasteiger partial charge on any atom is -0.354 e. The first-order valence-corrected chi connectivity index (χ1v) is 10.6. The SMILES string of the molecule is CNC(=O)c1ncc2[nH]nc(C3CC3)c2c1-c1ccc(S(C)(=O)=O)c(C)c1. The van der Waals surface area contributed by atoms with Crippen LogP contribution in [0.15, 0.2) is 29.3 Å². The highest BCUT2D eigenvalue weighted by Crippen LogP contribution is 2.45. The smallest absolute Gasteiger partial charge is 0.270 e. The fourth-order valence-electron chi connectivity index (χ4n) is 3.48. The highest BCUT2D eigenvalue weighted by molar-refractivity contribution is 7.90. The van der Waals surface area contributed by atoms with Crippen molar-refractivity contribution in [1.82, 2.24) is 20.5 Å². The predicted molar refractivity (Wildman–Crippen MR) is 103 cm³/mol. The maximum absolute atomic E-state index is 12.5. The summed E-state index contributed by atoms with van der Waals surface area (Å²) in [4.78, 5) is 17.1. The number of aromatic amines is 1. The number of carbonyl (C=O) groups is 1. The molecule has 1 saturated carbocycles. The van der Waals surface area contributed by atoms with Crippen molar-refractivity contribution in [2.45, 2.75) is 30.6 Å². The first-order chi connectivity index (χ1) is 12.8. The van der Waals surface area contributed by atoms with Crippen LogP contribution in [0, 0.1) is 6.92 Å². The molecule has 2 heterocycles. The van der Waals surface area contributed by atoms with E-state index in [-0.39, 0.29) is 10.8 Å². The molecule has 1 amide bonds. The van der Waals surface area contributed by atoms with Gasteiger partial charge >= 0.3 is 0 Å². The van der Waals surface area contributed by atoms with Crippen molar-refractivity contribution in [2.75, 3.05) is 13.3 Å². The summed E-state index contributed by atoms with van der Waals surface area (Å²) in [5, 5.41) is 11.0. The number of fused-ring (bicyclic) bond motifs is 1. The van der Waals surface area contributed by atoms with Gasteiger partial charge in [0.05, 0.1) is 22.3 Å². The number of aryl methyl sites for hydroxylation is 1. The van der Waals surface area contributed by atoms with Crippen molar-refractivity contribution < 1.29 is 13.2 Å². The summed E-state index contributed by atoms with van der Waals surface area (Å²) < 4.78 is 23.9. The second-order valence-electron chi connectivity index (χ2n) is 6.99. The first kappa shape index (κ1) is 17.7. The molecule has 2 aromatic heterocycles. The number of pyridine rings is 1. The minimum atomic E-state index is -3.32. The third-order valence-electron chi connectivity index (χ3n) is 4.90. The van der Waals surface area contributed by atoms with Gasteiger partial charge in [0.15, 0.2) is 9.84 Å². The van der Waals surface area contributed by atoms with E-state index >= 15 is 0 Å². The zero-order valence-corrected chi connectivity index (χ0v) is 16.1. The van der Waals surface area contributed by atoms with Gasteiger partial charge in [0.25, 0.3) is 5.91 Å². The van der Waals surface area contributed by atoms with Crippen LogP contribution >= 0.6 is 0 Å². The van der Waals surface area contributed by atoms with Crippen LogP contribution in [0.3, 0.4) is 0 Å². The Kier molecular flexibility index (Phi) is 4.03. The number of nitrogens with zero attached hydrogens (tertiary/aromatic N) is 2. The molecule has 1 fully saturated rings. The number of H-pyrrole nitrogens is 1. The van der Waals surface area contributed by atoms with E-state index in [0.717, 1.165) is 35.0 Å². The summed E-state index contributed by atoms with van der Waals surface area (Å²) in [6, 6.07) is 5.11. The maximum atomic E-state index is 12.5. The number of sulfone groups is 1. The average Bonchev–Trinajstić information content (AvgIpc) is 3.38. The highest BCUT2D eigenvalue weighted by Gasteiger charge is 2.31. The van der Waals surface area contributed by atoms with Crippen LogP contribution in [-0.4, -0.2) is 42.8 Å². The molecule has 0 spiro atoms. The number of benzene rings is 1. The molecule has 1 aliphatic rings. The standard InChI is InChI=1S/C19H20N4O3S/c1-10-8-12(6-7-14(10)27(3,25)26)15-16-13(9-21-18(15)19(24)20-2)22-23-17(16)11-4-5-11/h6-9,11H,4-5H2,1-3H3,(H,20,24)(H,22,23). The van der Waals surface area contributed by atoms with Crippen LogP contribution in [0.5, 0.6) is 0 Å². The van der Waals surface area contributed by atoms with Crippen LogP contribution in [0.1, 0.15) is 40.5 Å². The van der Waals surface area contributed by atoms with Crippen molar-refractivity contribution in [3.63, 3.8) is 0 Å². The number of rotatable bonds is 4. The molecule has 0 bridgehead atoms. The molecule has 27 heavy (non-hydrogen) atoms. The Balaban J connectivity index is 2.03. The summed E-state index contributed by atoms with van der Waals surface area (Å²) in [5.74, 6) is 0.0912. The van der Waals surface area contributed by atoms with Gasteiger partial charge in [0, 0.05) is 30.2 Å². The second-order valence-corrected chi connectivity index (χ2v) is 8.97. The molecule has 7 nitrogen and oxygen atoms in total. The number of carbonyl (C=O) groups excluding carboxylic acids is 1. The molecule has 1 aliphatic carbocycles. The van der Waals surface area contributed by atoms with Crippen molar-refractivity contribution in [2.24, 2.45) is 0 Å². The van der Waals surface area contributed by atoms with E-state index < -0.39 is 9.84 Å². The monoisotopic (exact) mass is 384 g/mol. The maximum Gasteiger partial charge on any atom is 0.270 e. The van der Waals surface area contributed by atoms with E-state index in [9.17, 15) is 13.2 Å². The van der Waals surface area contributed by atoms with E-state index in [1.54, 1.807) is 38.4 Å². The minimum absolute atomic E-state index is 0.280. The number of aromatic nitrogens is 3. The van der Waals surface area contributed by atoms with E-state index in [1.807, 2.05) is 0 Å². The first-order valence-electron chi connectivity index (χ1n) is 8.71. The van der Waals surface area contributed by atoms with E-state index in [0.29, 0.717) is 22.7 Å². The second kappa shape index (κ2) is 6.16. The van der Waals surface area contributed by atoms with Crippen LogP contribution < -0.4 is 5.32 Å². The van der Waals surface area contributed by atoms with Gasteiger partial charge < -0.3 is 5.32 Å². The molecule has 0 saturated heterocycles. The Morgan fingerprint density at radius 3 is 2.63 bits per heavy atom. The van der Waals surface area contributed by atoms with Crippen LogP contribution in [0.2, 0.25) is 0 Å². The van der Waals surface area contributed by atoms with Crippen LogP contribution in [0.4, 0.5) is 0 Å². The number of amides is 1. The fourth-order valence-corrected chi connectivity index (χ4v) is 4.44. The topological polar surface area (TPSA) is 105 Å². The highest BCUT2D eigenvalue weighted by atomic mass is 32.2. The normalized spacial score (nSPS) is 14.5. The Morgan fingerprint density at radius 1 is 1.30 bits per heavy atom. The summed E-state index contributed by atoms with van der Waals surface area (Å²) in [6.07, 6.45) is 4.96. The van der Waals surface area contributed by atoms with Crippen molar-refractivity contribution in [3.05, 3.63) is 41.3 Å². The summed E-state index contributed by atoms with van der Waals surface area (Å²) >= 11 is 0. The molecular weight excluding hydrogens is 364 g/mol. The molecule has 1 aromatic carbocycles. The lowest BCUT2D eigenvalue weighted by Crippen LogP contribution is -2.20. The Labute approximate surface area is 157 Å². The molecule has 0 aliphatic heterocycles. The van der Waals surface area contributed by atoms with Crippen LogP contribution in [-0.2, 0) is 9.84 Å². The summed E-state index contributed by atoms with van der Waals surface area (Å²) in [7, 11) is -1.76. The molecule has 0 atom stereocenters.